The van der Waals surface area contributed by atoms with Gasteiger partial charge in [0.2, 0.25) is 0 Å². The second-order valence-corrected chi connectivity index (χ2v) is 6.03. The van der Waals surface area contributed by atoms with E-state index in [0.717, 1.165) is 22.3 Å². The molecule has 1 saturated heterocycles. The van der Waals surface area contributed by atoms with E-state index >= 15 is 0 Å². The van der Waals surface area contributed by atoms with Crippen LogP contribution in [0.2, 0.25) is 0 Å². The third kappa shape index (κ3) is 0.620. The molecule has 4 atom stereocenters. The lowest BCUT2D eigenvalue weighted by Gasteiger charge is -2.17. The molecule has 0 spiro atoms. The van der Waals surface area contributed by atoms with Gasteiger partial charge in [-0.3, -0.25) is 0 Å². The zero-order chi connectivity index (χ0) is 6.55. The van der Waals surface area contributed by atoms with Gasteiger partial charge in [-0.25, -0.2) is 0 Å². The van der Waals surface area contributed by atoms with Crippen molar-refractivity contribution in [1.29, 1.82) is 0 Å². The van der Waals surface area contributed by atoms with Gasteiger partial charge in [-0.15, -0.1) is 23.5 Å². The highest BCUT2D eigenvalue weighted by Gasteiger charge is 2.47. The maximum absolute atomic E-state index is 2.45. The van der Waals surface area contributed by atoms with E-state index in [1.54, 1.807) is 0 Å². The van der Waals surface area contributed by atoms with Crippen LogP contribution in [-0.4, -0.2) is 15.6 Å². The van der Waals surface area contributed by atoms with Crippen LogP contribution in [0.3, 0.4) is 0 Å². The Morgan fingerprint density at radius 3 is 2.20 bits per heavy atom. The van der Waals surface area contributed by atoms with E-state index in [2.05, 4.69) is 35.7 Å². The Bertz CT molecular complexity index is 170. The Hall–Kier alpha value is 0.440. The summed E-state index contributed by atoms with van der Waals surface area (Å²) in [6, 6.07) is 0. The first-order chi connectivity index (χ1) is 4.95. The second kappa shape index (κ2) is 1.98. The number of allylic oxidation sites excluding steroid dienone is 2. The van der Waals surface area contributed by atoms with E-state index in [0.29, 0.717) is 0 Å². The first-order valence-electron chi connectivity index (χ1n) is 3.87. The minimum absolute atomic E-state index is 0.954. The van der Waals surface area contributed by atoms with Crippen LogP contribution in [0, 0.1) is 11.8 Å². The normalized spacial score (nSPS) is 56.0. The lowest BCUT2D eigenvalue weighted by Crippen LogP contribution is -2.19. The molecule has 4 unspecified atom stereocenters. The number of fused-ring (bicyclic) bond motifs is 5. The van der Waals surface area contributed by atoms with Crippen molar-refractivity contribution in [2.24, 2.45) is 11.8 Å². The van der Waals surface area contributed by atoms with Crippen molar-refractivity contribution in [3.63, 3.8) is 0 Å². The summed E-state index contributed by atoms with van der Waals surface area (Å²) in [5.41, 5.74) is 0. The molecule has 2 aliphatic carbocycles. The highest BCUT2D eigenvalue weighted by Crippen LogP contribution is 2.55. The van der Waals surface area contributed by atoms with Crippen molar-refractivity contribution in [2.75, 3.05) is 5.08 Å². The number of hydrogen-bond acceptors (Lipinski definition) is 2. The fourth-order valence-corrected chi connectivity index (χ4v) is 6.09. The predicted octanol–water partition coefficient (Wildman–Crippen LogP) is 2.37. The van der Waals surface area contributed by atoms with Crippen LogP contribution in [0.15, 0.2) is 12.2 Å². The third-order valence-electron chi connectivity index (χ3n) is 2.84. The van der Waals surface area contributed by atoms with E-state index in [-0.39, 0.29) is 0 Å². The molecule has 0 nitrogen and oxygen atoms in total. The molecule has 1 heterocycles. The van der Waals surface area contributed by atoms with Gasteiger partial charge in [-0.1, -0.05) is 12.2 Å². The largest absolute Gasteiger partial charge is 0.146 e. The zero-order valence-electron chi connectivity index (χ0n) is 5.69. The predicted molar refractivity (Wildman–Crippen MR) is 48.4 cm³/mol. The highest BCUT2D eigenvalue weighted by molar-refractivity contribution is 8.19. The van der Waals surface area contributed by atoms with Gasteiger partial charge in [0.1, 0.15) is 0 Å². The van der Waals surface area contributed by atoms with E-state index in [4.69, 9.17) is 0 Å². The van der Waals surface area contributed by atoms with Gasteiger partial charge in [-0.2, -0.15) is 0 Å². The molecule has 54 valence electrons. The van der Waals surface area contributed by atoms with Gasteiger partial charge in [0.25, 0.3) is 0 Å². The molecular weight excluding hydrogens is 160 g/mol. The molecular formula is C8H10S2. The van der Waals surface area contributed by atoms with E-state index in [1.165, 1.54) is 11.5 Å². The van der Waals surface area contributed by atoms with Crippen molar-refractivity contribution in [3.05, 3.63) is 12.2 Å². The molecule has 3 rings (SSSR count). The minimum atomic E-state index is 0.954. The standard InChI is InChI=1S/C8H10S2/c1-2-6-3-5(1)7-8(6)10-4-9-7/h1-2,5-8H,3-4H2. The summed E-state index contributed by atoms with van der Waals surface area (Å²) in [5.74, 6) is 1.91. The van der Waals surface area contributed by atoms with Crippen LogP contribution >= 0.6 is 23.5 Å². The summed E-state index contributed by atoms with van der Waals surface area (Å²) in [5, 5.41) is 3.35. The lowest BCUT2D eigenvalue weighted by atomic mass is 10.1. The maximum atomic E-state index is 2.45. The third-order valence-corrected chi connectivity index (χ3v) is 6.15. The van der Waals surface area contributed by atoms with Crippen molar-refractivity contribution in [1.82, 2.24) is 0 Å². The number of rotatable bonds is 0. The molecule has 10 heavy (non-hydrogen) atoms. The Balaban J connectivity index is 1.99. The van der Waals surface area contributed by atoms with Crippen molar-refractivity contribution in [3.8, 4) is 0 Å². The van der Waals surface area contributed by atoms with Crippen molar-refractivity contribution < 1.29 is 0 Å². The van der Waals surface area contributed by atoms with Gasteiger partial charge in [-0.05, 0) is 18.3 Å². The van der Waals surface area contributed by atoms with Crippen molar-refractivity contribution >= 4 is 23.5 Å². The molecule has 0 aromatic heterocycles. The Morgan fingerprint density at radius 1 is 1.00 bits per heavy atom. The van der Waals surface area contributed by atoms with Crippen LogP contribution in [0.25, 0.3) is 0 Å². The lowest BCUT2D eigenvalue weighted by molar-refractivity contribution is 0.695. The van der Waals surface area contributed by atoms with E-state index in [9.17, 15) is 0 Å². The highest BCUT2D eigenvalue weighted by atomic mass is 32.2. The summed E-state index contributed by atoms with van der Waals surface area (Å²) in [6.45, 7) is 0. The molecule has 0 aromatic rings. The fraction of sp³-hybridized carbons (Fsp3) is 0.750. The molecule has 0 N–H and O–H groups in total. The fourth-order valence-electron chi connectivity index (χ4n) is 2.36. The van der Waals surface area contributed by atoms with Crippen LogP contribution in [-0.2, 0) is 0 Å². The average molecular weight is 170 g/mol. The SMILES string of the molecule is C1=CC2CC1C1SCSC21. The molecule has 3 aliphatic rings. The van der Waals surface area contributed by atoms with Crippen molar-refractivity contribution in [2.45, 2.75) is 16.9 Å². The quantitative estimate of drug-likeness (QED) is 0.512. The summed E-state index contributed by atoms with van der Waals surface area (Å²) in [4.78, 5) is 0. The molecule has 1 saturated carbocycles. The number of thioether (sulfide) groups is 2. The van der Waals surface area contributed by atoms with E-state index < -0.39 is 0 Å². The van der Waals surface area contributed by atoms with E-state index in [1.807, 2.05) is 0 Å². The Kier molecular flexibility index (Phi) is 1.19. The maximum Gasteiger partial charge on any atom is 0.0398 e. The zero-order valence-corrected chi connectivity index (χ0v) is 7.33. The molecule has 0 amide bonds. The molecule has 2 fully saturated rings. The summed E-state index contributed by atoms with van der Waals surface area (Å²) in [7, 11) is 0. The van der Waals surface area contributed by atoms with Gasteiger partial charge in [0.15, 0.2) is 0 Å². The van der Waals surface area contributed by atoms with Crippen LogP contribution in [0.5, 0.6) is 0 Å². The Labute approximate surface area is 69.8 Å². The topological polar surface area (TPSA) is 0 Å². The summed E-state index contributed by atoms with van der Waals surface area (Å²) < 4.78 is 0. The second-order valence-electron chi connectivity index (χ2n) is 3.33. The monoisotopic (exact) mass is 170 g/mol. The molecule has 2 bridgehead atoms. The summed E-state index contributed by atoms with van der Waals surface area (Å²) >= 11 is 4.38. The van der Waals surface area contributed by atoms with Gasteiger partial charge in [0, 0.05) is 15.6 Å². The van der Waals surface area contributed by atoms with Crippen LogP contribution in [0.1, 0.15) is 6.42 Å². The summed E-state index contributed by atoms with van der Waals surface area (Å²) in [6.07, 6.45) is 6.37. The first kappa shape index (κ1) is 6.01. The molecule has 0 radical (unpaired) electrons. The molecule has 2 heteroatoms. The molecule has 0 aromatic carbocycles. The first-order valence-corrected chi connectivity index (χ1v) is 5.96. The smallest absolute Gasteiger partial charge is 0.0398 e. The van der Waals surface area contributed by atoms with Crippen LogP contribution in [0.4, 0.5) is 0 Å². The van der Waals surface area contributed by atoms with Gasteiger partial charge >= 0.3 is 0 Å². The average Bonchev–Trinajstić information content (AvgIpc) is 2.60. The van der Waals surface area contributed by atoms with Gasteiger partial charge in [0.05, 0.1) is 0 Å². The minimum Gasteiger partial charge on any atom is -0.146 e. The number of hydrogen-bond donors (Lipinski definition) is 0. The van der Waals surface area contributed by atoms with Crippen LogP contribution < -0.4 is 0 Å². The molecule has 1 aliphatic heterocycles. The Morgan fingerprint density at radius 2 is 1.60 bits per heavy atom. The van der Waals surface area contributed by atoms with Gasteiger partial charge < -0.3 is 0 Å².